The van der Waals surface area contributed by atoms with E-state index in [1.165, 1.54) is 6.20 Å². The van der Waals surface area contributed by atoms with Crippen LogP contribution >= 0.6 is 0 Å². The summed E-state index contributed by atoms with van der Waals surface area (Å²) >= 11 is 0. The van der Waals surface area contributed by atoms with Crippen LogP contribution in [0.3, 0.4) is 0 Å². The lowest BCUT2D eigenvalue weighted by atomic mass is 9.75. The van der Waals surface area contributed by atoms with Crippen LogP contribution in [0.4, 0.5) is 0 Å². The van der Waals surface area contributed by atoms with E-state index in [1.54, 1.807) is 23.6 Å². The monoisotopic (exact) mass is 404 g/mol. The molecular formula is C20H24N2O5S. The number of hydrogen-bond donors (Lipinski definition) is 1. The molecule has 0 saturated heterocycles. The highest BCUT2D eigenvalue weighted by molar-refractivity contribution is 7.90. The predicted molar refractivity (Wildman–Crippen MR) is 103 cm³/mol. The first-order valence-corrected chi connectivity index (χ1v) is 10.9. The molecule has 0 spiro atoms. The van der Waals surface area contributed by atoms with Crippen molar-refractivity contribution in [1.82, 2.24) is 9.55 Å². The fraction of sp³-hybridized carbons (Fsp3) is 0.450. The first-order chi connectivity index (χ1) is 12.9. The normalized spacial score (nSPS) is 16.1. The zero-order chi connectivity index (χ0) is 20.9. The number of nitrogens with zero attached hydrogens (tertiary/aromatic N) is 2. The Labute approximate surface area is 164 Å². The number of ketones is 1. The summed E-state index contributed by atoms with van der Waals surface area (Å²) in [6, 6.07) is 3.34. The lowest BCUT2D eigenvalue weighted by molar-refractivity contribution is -0.137. The molecule has 150 valence electrons. The largest absolute Gasteiger partial charge is 0.480 e. The van der Waals surface area contributed by atoms with E-state index in [-0.39, 0.29) is 29.2 Å². The highest BCUT2D eigenvalue weighted by Gasteiger charge is 2.37. The number of fused-ring (bicyclic) bond motifs is 1. The Morgan fingerprint density at radius 2 is 2.00 bits per heavy atom. The highest BCUT2D eigenvalue weighted by Crippen LogP contribution is 2.39. The molecule has 2 heterocycles. The standard InChI is InChI=1S/C20H24N2O5S/c1-12-14(8-13-6-5-7-21-19(13)28(4,26)27)18-15(22(12)11-17(24)25)9-20(2,3)10-16(18)23/h5-7H,8-11H2,1-4H3,(H,24,25). The second kappa shape index (κ2) is 6.84. The second-order valence-corrected chi connectivity index (χ2v) is 10.2. The van der Waals surface area contributed by atoms with Gasteiger partial charge >= 0.3 is 5.97 Å². The van der Waals surface area contributed by atoms with Crippen LogP contribution in [0.15, 0.2) is 23.4 Å². The molecule has 1 aliphatic carbocycles. The zero-order valence-electron chi connectivity index (χ0n) is 16.4. The van der Waals surface area contributed by atoms with Crippen molar-refractivity contribution >= 4 is 21.6 Å². The second-order valence-electron chi connectivity index (χ2n) is 8.22. The van der Waals surface area contributed by atoms with Crippen molar-refractivity contribution in [3.8, 4) is 0 Å². The van der Waals surface area contributed by atoms with Crippen LogP contribution in [-0.4, -0.2) is 41.1 Å². The van der Waals surface area contributed by atoms with Gasteiger partial charge in [0.2, 0.25) is 0 Å². The SMILES string of the molecule is Cc1c(Cc2cccnc2S(C)(=O)=O)c2c(n1CC(=O)O)CC(C)(C)CC2=O. The van der Waals surface area contributed by atoms with Gasteiger partial charge in [0.25, 0.3) is 0 Å². The Bertz CT molecular complexity index is 1080. The van der Waals surface area contributed by atoms with Crippen molar-refractivity contribution in [3.05, 3.63) is 46.4 Å². The van der Waals surface area contributed by atoms with Gasteiger partial charge < -0.3 is 9.67 Å². The van der Waals surface area contributed by atoms with Crippen LogP contribution in [-0.2, 0) is 34.0 Å². The van der Waals surface area contributed by atoms with Gasteiger partial charge in [-0.25, -0.2) is 13.4 Å². The summed E-state index contributed by atoms with van der Waals surface area (Å²) in [6.45, 7) is 5.53. The lowest BCUT2D eigenvalue weighted by Gasteiger charge is -2.30. The molecule has 0 fully saturated rings. The van der Waals surface area contributed by atoms with Crippen molar-refractivity contribution in [2.75, 3.05) is 6.26 Å². The zero-order valence-corrected chi connectivity index (χ0v) is 17.3. The van der Waals surface area contributed by atoms with E-state index in [0.29, 0.717) is 35.2 Å². The number of carboxylic acids is 1. The Hall–Kier alpha value is -2.48. The third-order valence-corrected chi connectivity index (χ3v) is 6.25. The van der Waals surface area contributed by atoms with Gasteiger partial charge in [0.05, 0.1) is 0 Å². The number of Topliss-reactive ketones (excluding diaryl/α,β-unsaturated/α-hetero) is 1. The molecule has 2 aromatic heterocycles. The number of carbonyl (C=O) groups excluding carboxylic acids is 1. The van der Waals surface area contributed by atoms with Gasteiger partial charge in [-0.2, -0.15) is 0 Å². The number of carboxylic acid groups (broad SMARTS) is 1. The maximum absolute atomic E-state index is 13.0. The Morgan fingerprint density at radius 1 is 1.32 bits per heavy atom. The molecule has 2 aromatic rings. The summed E-state index contributed by atoms with van der Waals surface area (Å²) in [5.41, 5.74) is 2.88. The van der Waals surface area contributed by atoms with Crippen molar-refractivity contribution < 1.29 is 23.1 Å². The lowest BCUT2D eigenvalue weighted by Crippen LogP contribution is -2.29. The van der Waals surface area contributed by atoms with E-state index >= 15 is 0 Å². The van der Waals surface area contributed by atoms with Crippen molar-refractivity contribution in [2.45, 2.75) is 51.6 Å². The van der Waals surface area contributed by atoms with Gasteiger partial charge in [-0.3, -0.25) is 9.59 Å². The van der Waals surface area contributed by atoms with E-state index in [0.717, 1.165) is 11.9 Å². The molecule has 0 aliphatic heterocycles. The Morgan fingerprint density at radius 3 is 2.61 bits per heavy atom. The van der Waals surface area contributed by atoms with Crippen molar-refractivity contribution in [3.63, 3.8) is 0 Å². The maximum Gasteiger partial charge on any atom is 0.323 e. The van der Waals surface area contributed by atoms with E-state index < -0.39 is 15.8 Å². The molecule has 0 atom stereocenters. The molecule has 0 radical (unpaired) electrons. The highest BCUT2D eigenvalue weighted by atomic mass is 32.2. The molecule has 28 heavy (non-hydrogen) atoms. The van der Waals surface area contributed by atoms with Gasteiger partial charge in [0.1, 0.15) is 6.54 Å². The summed E-state index contributed by atoms with van der Waals surface area (Å²) in [6.07, 6.45) is 3.70. The molecule has 3 rings (SSSR count). The third kappa shape index (κ3) is 3.73. The number of aromatic nitrogens is 2. The summed E-state index contributed by atoms with van der Waals surface area (Å²) in [7, 11) is -3.53. The van der Waals surface area contributed by atoms with Gasteiger partial charge in [-0.05, 0) is 36.0 Å². The molecule has 0 saturated carbocycles. The average molecular weight is 404 g/mol. The molecule has 0 aromatic carbocycles. The minimum absolute atomic E-state index is 0.0160. The van der Waals surface area contributed by atoms with Crippen LogP contribution < -0.4 is 0 Å². The minimum Gasteiger partial charge on any atom is -0.480 e. The average Bonchev–Trinajstić information content (AvgIpc) is 2.78. The van der Waals surface area contributed by atoms with Crippen LogP contribution in [0, 0.1) is 12.3 Å². The fourth-order valence-electron chi connectivity index (χ4n) is 4.06. The molecule has 8 heteroatoms. The summed E-state index contributed by atoms with van der Waals surface area (Å²) in [5.74, 6) is -1.01. The van der Waals surface area contributed by atoms with Crippen LogP contribution in [0.5, 0.6) is 0 Å². The van der Waals surface area contributed by atoms with E-state index in [9.17, 15) is 23.1 Å². The first-order valence-electron chi connectivity index (χ1n) is 9.00. The summed E-state index contributed by atoms with van der Waals surface area (Å²) < 4.78 is 25.9. The molecule has 0 unspecified atom stereocenters. The third-order valence-electron chi connectivity index (χ3n) is 5.18. The van der Waals surface area contributed by atoms with Gasteiger partial charge in [0.15, 0.2) is 20.6 Å². The van der Waals surface area contributed by atoms with Crippen LogP contribution in [0.1, 0.15) is 53.1 Å². The topological polar surface area (TPSA) is 106 Å². The van der Waals surface area contributed by atoms with E-state index in [1.807, 2.05) is 13.8 Å². The van der Waals surface area contributed by atoms with E-state index in [4.69, 9.17) is 0 Å². The molecule has 1 aliphatic rings. The van der Waals surface area contributed by atoms with Crippen molar-refractivity contribution in [1.29, 1.82) is 0 Å². The number of aliphatic carboxylic acids is 1. The van der Waals surface area contributed by atoms with Gasteiger partial charge in [-0.15, -0.1) is 0 Å². The number of sulfone groups is 1. The molecule has 0 amide bonds. The molecule has 1 N–H and O–H groups in total. The number of hydrogen-bond acceptors (Lipinski definition) is 5. The maximum atomic E-state index is 13.0. The Kier molecular flexibility index (Phi) is 4.95. The van der Waals surface area contributed by atoms with Crippen molar-refractivity contribution in [2.24, 2.45) is 5.41 Å². The number of rotatable bonds is 5. The molecular weight excluding hydrogens is 380 g/mol. The van der Waals surface area contributed by atoms with Crippen LogP contribution in [0.25, 0.3) is 0 Å². The predicted octanol–water partition coefficient (Wildman–Crippen LogP) is 2.43. The fourth-order valence-corrected chi connectivity index (χ4v) is 4.92. The van der Waals surface area contributed by atoms with Gasteiger partial charge in [-0.1, -0.05) is 19.9 Å². The summed E-state index contributed by atoms with van der Waals surface area (Å²) in [5, 5.41) is 9.33. The number of carbonyl (C=O) groups is 2. The van der Waals surface area contributed by atoms with Gasteiger partial charge in [0, 0.05) is 42.2 Å². The molecule has 7 nitrogen and oxygen atoms in total. The Balaban J connectivity index is 2.20. The number of pyridine rings is 1. The minimum atomic E-state index is -3.53. The first kappa shape index (κ1) is 20.3. The van der Waals surface area contributed by atoms with Crippen LogP contribution in [0.2, 0.25) is 0 Å². The smallest absolute Gasteiger partial charge is 0.323 e. The molecule has 0 bridgehead atoms. The van der Waals surface area contributed by atoms with E-state index in [2.05, 4.69) is 4.98 Å². The quantitative estimate of drug-likeness (QED) is 0.820. The summed E-state index contributed by atoms with van der Waals surface area (Å²) in [4.78, 5) is 28.4.